The number of rotatable bonds is 5. The van der Waals surface area contributed by atoms with E-state index >= 15 is 0 Å². The van der Waals surface area contributed by atoms with Gasteiger partial charge in [0.05, 0.1) is 11.9 Å². The zero-order valence-corrected chi connectivity index (χ0v) is 14.2. The highest BCUT2D eigenvalue weighted by molar-refractivity contribution is 8.00. The molecule has 0 N–H and O–H groups in total. The van der Waals surface area contributed by atoms with Gasteiger partial charge in [0.2, 0.25) is 0 Å². The maximum Gasteiger partial charge on any atom is 0.411 e. The molecule has 1 aromatic rings. The lowest BCUT2D eigenvalue weighted by Crippen LogP contribution is -2.35. The summed E-state index contributed by atoms with van der Waals surface area (Å²) in [6.07, 6.45) is 1.69. The van der Waals surface area contributed by atoms with E-state index < -0.39 is 0 Å². The van der Waals surface area contributed by atoms with Crippen molar-refractivity contribution >= 4 is 17.9 Å². The lowest BCUT2D eigenvalue weighted by molar-refractivity contribution is 0.129. The Bertz CT molecular complexity index is 469. The van der Waals surface area contributed by atoms with Gasteiger partial charge >= 0.3 is 6.09 Å². The molecule has 1 amide bonds. The third-order valence-corrected chi connectivity index (χ3v) is 4.83. The van der Waals surface area contributed by atoms with Crippen LogP contribution in [0.2, 0.25) is 0 Å². The van der Waals surface area contributed by atoms with Crippen LogP contribution in [0.4, 0.5) is 4.79 Å². The fraction of sp³-hybridized carbons (Fsp3) is 0.588. The van der Waals surface area contributed by atoms with Gasteiger partial charge in [0.15, 0.2) is 0 Å². The minimum absolute atomic E-state index is 0.139. The molecule has 0 aromatic heterocycles. The van der Waals surface area contributed by atoms with Gasteiger partial charge in [0.25, 0.3) is 0 Å². The van der Waals surface area contributed by atoms with Crippen LogP contribution in [0, 0.1) is 0 Å². The average molecular weight is 307 g/mol. The Kier molecular flexibility index (Phi) is 5.20. The van der Waals surface area contributed by atoms with E-state index in [2.05, 4.69) is 27.7 Å². The Morgan fingerprint density at radius 2 is 1.90 bits per heavy atom. The van der Waals surface area contributed by atoms with E-state index in [9.17, 15) is 4.79 Å². The quantitative estimate of drug-likeness (QED) is 0.779. The maximum absolute atomic E-state index is 12.3. The van der Waals surface area contributed by atoms with E-state index in [1.807, 2.05) is 35.2 Å². The predicted octanol–water partition coefficient (Wildman–Crippen LogP) is 4.84. The third kappa shape index (κ3) is 4.16. The van der Waals surface area contributed by atoms with Crippen molar-refractivity contribution in [3.8, 4) is 0 Å². The first-order chi connectivity index (χ1) is 9.92. The van der Waals surface area contributed by atoms with Crippen LogP contribution in [0.1, 0.15) is 52.2 Å². The molecule has 2 rings (SSSR count). The number of nitrogens with zero attached hydrogens (tertiary/aromatic N) is 1. The number of thioether (sulfide) groups is 1. The minimum atomic E-state index is -0.181. The van der Waals surface area contributed by atoms with E-state index in [1.165, 1.54) is 0 Å². The summed E-state index contributed by atoms with van der Waals surface area (Å²) < 4.78 is 5.80. The zero-order chi connectivity index (χ0) is 15.5. The van der Waals surface area contributed by atoms with Crippen LogP contribution in [0.5, 0.6) is 0 Å². The molecule has 0 spiro atoms. The third-order valence-electron chi connectivity index (χ3n) is 3.56. The Hall–Kier alpha value is -1.16. The smallest absolute Gasteiger partial charge is 0.411 e. The van der Waals surface area contributed by atoms with Crippen molar-refractivity contribution in [2.24, 2.45) is 0 Å². The molecule has 0 aliphatic carbocycles. The summed E-state index contributed by atoms with van der Waals surface area (Å²) in [6, 6.07) is 10.2. The van der Waals surface area contributed by atoms with Crippen LogP contribution in [-0.2, 0) is 4.74 Å². The van der Waals surface area contributed by atoms with Crippen molar-refractivity contribution in [2.75, 3.05) is 5.88 Å². The van der Waals surface area contributed by atoms with Gasteiger partial charge in [-0.1, -0.05) is 64.4 Å². The van der Waals surface area contributed by atoms with Gasteiger partial charge in [0.1, 0.15) is 6.10 Å². The summed E-state index contributed by atoms with van der Waals surface area (Å²) >= 11 is 1.79. The highest BCUT2D eigenvalue weighted by atomic mass is 32.2. The van der Waals surface area contributed by atoms with Gasteiger partial charge in [0, 0.05) is 4.75 Å². The first kappa shape index (κ1) is 16.2. The Morgan fingerprint density at radius 3 is 2.48 bits per heavy atom. The monoisotopic (exact) mass is 307 g/mol. The summed E-state index contributed by atoms with van der Waals surface area (Å²) in [5.41, 5.74) is 1.09. The fourth-order valence-corrected chi connectivity index (χ4v) is 3.32. The Balaban J connectivity index is 2.15. The standard InChI is InChI=1S/C17H25NO2S/c1-5-9-14-15(13-10-7-6-8-11-13)20-16(19)18(14)12-21-17(2,3)4/h6-8,10-11,14-15H,5,9,12H2,1-4H3/t14-,15+/m1/s1. The Labute approximate surface area is 132 Å². The number of carbonyl (C=O) groups excluding carboxylic acids is 1. The molecular formula is C17H25NO2S. The molecule has 21 heavy (non-hydrogen) atoms. The van der Waals surface area contributed by atoms with Gasteiger partial charge in [-0.25, -0.2) is 4.79 Å². The molecule has 1 aromatic carbocycles. The number of ether oxygens (including phenoxy) is 1. The van der Waals surface area contributed by atoms with Crippen molar-refractivity contribution in [3.63, 3.8) is 0 Å². The van der Waals surface area contributed by atoms with Crippen LogP contribution in [0.15, 0.2) is 30.3 Å². The second-order valence-corrected chi connectivity index (χ2v) is 8.20. The molecule has 0 bridgehead atoms. The molecule has 2 atom stereocenters. The van der Waals surface area contributed by atoms with Crippen molar-refractivity contribution in [1.29, 1.82) is 0 Å². The van der Waals surface area contributed by atoms with Crippen molar-refractivity contribution in [2.45, 2.75) is 57.4 Å². The van der Waals surface area contributed by atoms with E-state index in [0.717, 1.165) is 18.4 Å². The summed E-state index contributed by atoms with van der Waals surface area (Å²) in [6.45, 7) is 8.66. The van der Waals surface area contributed by atoms with Crippen molar-refractivity contribution in [3.05, 3.63) is 35.9 Å². The molecule has 1 fully saturated rings. The van der Waals surface area contributed by atoms with E-state index in [1.54, 1.807) is 11.8 Å². The lowest BCUT2D eigenvalue weighted by Gasteiger charge is -2.27. The van der Waals surface area contributed by atoms with Gasteiger partial charge in [-0.2, -0.15) is 0 Å². The number of benzene rings is 1. The summed E-state index contributed by atoms with van der Waals surface area (Å²) in [7, 11) is 0. The first-order valence-electron chi connectivity index (χ1n) is 7.58. The number of amides is 1. The molecule has 1 aliphatic rings. The van der Waals surface area contributed by atoms with Crippen LogP contribution in [0.3, 0.4) is 0 Å². The summed E-state index contributed by atoms with van der Waals surface area (Å²) in [4.78, 5) is 14.2. The highest BCUT2D eigenvalue weighted by Crippen LogP contribution is 2.37. The first-order valence-corrected chi connectivity index (χ1v) is 8.57. The zero-order valence-electron chi connectivity index (χ0n) is 13.3. The van der Waals surface area contributed by atoms with Crippen LogP contribution >= 0.6 is 11.8 Å². The van der Waals surface area contributed by atoms with Gasteiger partial charge < -0.3 is 4.74 Å². The van der Waals surface area contributed by atoms with Crippen LogP contribution in [-0.4, -0.2) is 27.7 Å². The van der Waals surface area contributed by atoms with Crippen molar-refractivity contribution < 1.29 is 9.53 Å². The summed E-state index contributed by atoms with van der Waals surface area (Å²) in [5.74, 6) is 0.691. The van der Waals surface area contributed by atoms with Gasteiger partial charge in [-0.3, -0.25) is 4.90 Å². The normalized spacial score (nSPS) is 22.5. The van der Waals surface area contributed by atoms with Crippen LogP contribution < -0.4 is 0 Å². The highest BCUT2D eigenvalue weighted by Gasteiger charge is 2.42. The molecule has 1 saturated heterocycles. The molecule has 0 unspecified atom stereocenters. The Morgan fingerprint density at radius 1 is 1.24 bits per heavy atom. The number of carbonyl (C=O) groups is 1. The topological polar surface area (TPSA) is 29.5 Å². The molecular weight excluding hydrogens is 282 g/mol. The van der Waals surface area contributed by atoms with E-state index in [0.29, 0.717) is 5.88 Å². The number of hydrogen-bond acceptors (Lipinski definition) is 3. The van der Waals surface area contributed by atoms with E-state index in [-0.39, 0.29) is 23.0 Å². The average Bonchev–Trinajstić information content (AvgIpc) is 2.74. The molecule has 116 valence electrons. The largest absolute Gasteiger partial charge is 0.439 e. The molecule has 3 nitrogen and oxygen atoms in total. The van der Waals surface area contributed by atoms with Crippen molar-refractivity contribution in [1.82, 2.24) is 4.90 Å². The molecule has 4 heteroatoms. The van der Waals surface area contributed by atoms with Gasteiger partial charge in [-0.15, -0.1) is 11.8 Å². The fourth-order valence-electron chi connectivity index (χ4n) is 2.50. The summed E-state index contributed by atoms with van der Waals surface area (Å²) in [5, 5.41) is 0. The molecule has 1 aliphatic heterocycles. The number of cyclic esters (lactones) is 1. The molecule has 1 heterocycles. The van der Waals surface area contributed by atoms with Crippen LogP contribution in [0.25, 0.3) is 0 Å². The number of hydrogen-bond donors (Lipinski definition) is 0. The predicted molar refractivity (Wildman–Crippen MR) is 88.4 cm³/mol. The molecule has 0 saturated carbocycles. The second-order valence-electron chi connectivity index (χ2n) is 6.43. The van der Waals surface area contributed by atoms with Gasteiger partial charge in [-0.05, 0) is 12.0 Å². The SMILES string of the molecule is CCC[C@@H]1[C@H](c2ccccc2)OC(=O)N1CSC(C)(C)C. The molecule has 0 radical (unpaired) electrons. The van der Waals surface area contributed by atoms with E-state index in [4.69, 9.17) is 4.74 Å². The maximum atomic E-state index is 12.3. The lowest BCUT2D eigenvalue weighted by atomic mass is 9.99. The minimum Gasteiger partial charge on any atom is -0.439 e. The second kappa shape index (κ2) is 6.73.